The monoisotopic (exact) mass is 268 g/mol. The van der Waals surface area contributed by atoms with E-state index in [1.54, 1.807) is 12.3 Å². The van der Waals surface area contributed by atoms with Crippen LogP contribution in [0.5, 0.6) is 0 Å². The largest absolute Gasteiger partial charge is 0.378 e. The van der Waals surface area contributed by atoms with Crippen molar-refractivity contribution in [3.8, 4) is 11.4 Å². The van der Waals surface area contributed by atoms with Crippen LogP contribution >= 0.6 is 0 Å². The number of H-pyrrole nitrogens is 1. The molecule has 0 spiro atoms. The summed E-state index contributed by atoms with van der Waals surface area (Å²) >= 11 is 0. The number of aromatic amines is 1. The van der Waals surface area contributed by atoms with Gasteiger partial charge in [0.2, 0.25) is 0 Å². The van der Waals surface area contributed by atoms with Crippen molar-refractivity contribution in [2.45, 2.75) is 6.54 Å². The van der Waals surface area contributed by atoms with E-state index >= 15 is 0 Å². The molecule has 2 N–H and O–H groups in total. The number of nitrogens with zero attached hydrogens (tertiary/aromatic N) is 2. The van der Waals surface area contributed by atoms with Crippen LogP contribution in [-0.2, 0) is 6.54 Å². The number of hydrogen-bond acceptors (Lipinski definition) is 3. The fourth-order valence-corrected chi connectivity index (χ4v) is 1.86. The lowest BCUT2D eigenvalue weighted by atomic mass is 10.3. The molecule has 0 saturated carbocycles. The Labute approximate surface area is 115 Å². The summed E-state index contributed by atoms with van der Waals surface area (Å²) in [6.45, 7) is 0.589. The first-order chi connectivity index (χ1) is 9.81. The maximum Gasteiger partial charge on any atom is 0.141 e. The molecule has 1 aromatic carbocycles. The molecule has 20 heavy (non-hydrogen) atoms. The first kappa shape index (κ1) is 12.3. The number of anilines is 1. The van der Waals surface area contributed by atoms with Crippen LogP contribution in [0.25, 0.3) is 11.4 Å². The molecular weight excluding hydrogens is 255 g/mol. The average Bonchev–Trinajstić information content (AvgIpc) is 2.96. The zero-order chi connectivity index (χ0) is 13.8. The smallest absolute Gasteiger partial charge is 0.141 e. The summed E-state index contributed by atoms with van der Waals surface area (Å²) in [6.07, 6.45) is 2.89. The molecule has 2 aromatic heterocycles. The summed E-state index contributed by atoms with van der Waals surface area (Å²) in [7, 11) is 0. The SMILES string of the molecule is Fc1ccc(-c2cnc(CNc3ccccc3)[nH]2)nc1. The Hall–Kier alpha value is -2.69. The summed E-state index contributed by atoms with van der Waals surface area (Å²) in [5.41, 5.74) is 2.48. The van der Waals surface area contributed by atoms with Crippen molar-refractivity contribution in [1.82, 2.24) is 15.0 Å². The Morgan fingerprint density at radius 1 is 1.00 bits per heavy atom. The first-order valence-corrected chi connectivity index (χ1v) is 6.26. The second-order valence-electron chi connectivity index (χ2n) is 4.32. The van der Waals surface area contributed by atoms with Gasteiger partial charge in [0, 0.05) is 5.69 Å². The number of para-hydroxylation sites is 1. The molecule has 0 radical (unpaired) electrons. The van der Waals surface area contributed by atoms with Gasteiger partial charge in [-0.05, 0) is 24.3 Å². The van der Waals surface area contributed by atoms with Crippen LogP contribution in [0.2, 0.25) is 0 Å². The number of nitrogens with one attached hydrogen (secondary N) is 2. The third-order valence-electron chi connectivity index (χ3n) is 2.87. The second kappa shape index (κ2) is 5.52. The third kappa shape index (κ3) is 2.83. The van der Waals surface area contributed by atoms with E-state index in [1.165, 1.54) is 12.3 Å². The molecule has 2 heterocycles. The summed E-state index contributed by atoms with van der Waals surface area (Å²) in [5.74, 6) is 0.453. The number of rotatable bonds is 4. The van der Waals surface area contributed by atoms with Gasteiger partial charge in [-0.2, -0.15) is 0 Å². The Bertz CT molecular complexity index is 677. The molecule has 0 amide bonds. The maximum absolute atomic E-state index is 12.8. The van der Waals surface area contributed by atoms with E-state index in [0.717, 1.165) is 17.2 Å². The lowest BCUT2D eigenvalue weighted by Crippen LogP contribution is -2.00. The van der Waals surface area contributed by atoms with Crippen LogP contribution in [0.1, 0.15) is 5.82 Å². The average molecular weight is 268 g/mol. The van der Waals surface area contributed by atoms with Crippen LogP contribution in [0.3, 0.4) is 0 Å². The number of aromatic nitrogens is 3. The normalized spacial score (nSPS) is 10.4. The number of benzene rings is 1. The second-order valence-corrected chi connectivity index (χ2v) is 4.32. The van der Waals surface area contributed by atoms with Gasteiger partial charge in [0.15, 0.2) is 0 Å². The van der Waals surface area contributed by atoms with E-state index < -0.39 is 0 Å². The molecule has 0 fully saturated rings. The van der Waals surface area contributed by atoms with Crippen molar-refractivity contribution >= 4 is 5.69 Å². The van der Waals surface area contributed by atoms with Crippen molar-refractivity contribution in [3.63, 3.8) is 0 Å². The molecule has 0 saturated heterocycles. The highest BCUT2D eigenvalue weighted by Crippen LogP contribution is 2.15. The molecule has 4 nitrogen and oxygen atoms in total. The Balaban J connectivity index is 1.69. The first-order valence-electron chi connectivity index (χ1n) is 6.26. The minimum atomic E-state index is -0.348. The topological polar surface area (TPSA) is 53.6 Å². The van der Waals surface area contributed by atoms with E-state index in [0.29, 0.717) is 12.2 Å². The van der Waals surface area contributed by atoms with E-state index in [1.807, 2.05) is 30.3 Å². The molecule has 0 atom stereocenters. The third-order valence-corrected chi connectivity index (χ3v) is 2.87. The van der Waals surface area contributed by atoms with Crippen molar-refractivity contribution in [1.29, 1.82) is 0 Å². The highest BCUT2D eigenvalue weighted by Gasteiger charge is 2.04. The minimum Gasteiger partial charge on any atom is -0.378 e. The van der Waals surface area contributed by atoms with E-state index in [-0.39, 0.29) is 5.82 Å². The Kier molecular flexibility index (Phi) is 3.41. The van der Waals surface area contributed by atoms with Crippen molar-refractivity contribution in [2.24, 2.45) is 0 Å². The standard InChI is InChI=1S/C15H13FN4/c16-11-6-7-13(18-8-11)14-9-19-15(20-14)10-17-12-4-2-1-3-5-12/h1-9,17H,10H2,(H,19,20). The summed E-state index contributed by atoms with van der Waals surface area (Å²) in [5, 5.41) is 3.26. The molecular formula is C15H13FN4. The molecule has 0 aliphatic heterocycles. The molecule has 0 aliphatic carbocycles. The number of pyridine rings is 1. The number of hydrogen-bond donors (Lipinski definition) is 2. The lowest BCUT2D eigenvalue weighted by molar-refractivity contribution is 0.622. The maximum atomic E-state index is 12.8. The van der Waals surface area contributed by atoms with E-state index in [9.17, 15) is 4.39 Å². The molecule has 100 valence electrons. The van der Waals surface area contributed by atoms with Gasteiger partial charge in [0.1, 0.15) is 11.6 Å². The molecule has 0 unspecified atom stereocenters. The fourth-order valence-electron chi connectivity index (χ4n) is 1.86. The van der Waals surface area contributed by atoms with Crippen LogP contribution in [0, 0.1) is 5.82 Å². The van der Waals surface area contributed by atoms with E-state index in [2.05, 4.69) is 20.3 Å². The molecule has 0 aliphatic rings. The molecule has 0 bridgehead atoms. The summed E-state index contributed by atoms with van der Waals surface area (Å²) in [4.78, 5) is 11.5. The quantitative estimate of drug-likeness (QED) is 0.764. The molecule has 3 rings (SSSR count). The van der Waals surface area contributed by atoms with Gasteiger partial charge in [0.25, 0.3) is 0 Å². The zero-order valence-corrected chi connectivity index (χ0v) is 10.7. The van der Waals surface area contributed by atoms with Crippen LogP contribution in [0.4, 0.5) is 10.1 Å². The molecule has 3 aromatic rings. The highest BCUT2D eigenvalue weighted by molar-refractivity contribution is 5.53. The predicted octanol–water partition coefficient (Wildman–Crippen LogP) is 3.22. The van der Waals surface area contributed by atoms with Gasteiger partial charge in [-0.1, -0.05) is 18.2 Å². The summed E-state index contributed by atoms with van der Waals surface area (Å²) < 4.78 is 12.8. The Morgan fingerprint density at radius 2 is 1.85 bits per heavy atom. The van der Waals surface area contributed by atoms with Crippen molar-refractivity contribution in [2.75, 3.05) is 5.32 Å². The Morgan fingerprint density at radius 3 is 2.60 bits per heavy atom. The van der Waals surface area contributed by atoms with Crippen LogP contribution in [0.15, 0.2) is 54.9 Å². The fraction of sp³-hybridized carbons (Fsp3) is 0.0667. The highest BCUT2D eigenvalue weighted by atomic mass is 19.1. The van der Waals surface area contributed by atoms with Crippen molar-refractivity contribution < 1.29 is 4.39 Å². The van der Waals surface area contributed by atoms with Gasteiger partial charge < -0.3 is 10.3 Å². The summed E-state index contributed by atoms with van der Waals surface area (Å²) in [6, 6.07) is 12.9. The van der Waals surface area contributed by atoms with Crippen molar-refractivity contribution in [3.05, 3.63) is 66.5 Å². The van der Waals surface area contributed by atoms with E-state index in [4.69, 9.17) is 0 Å². The number of halogens is 1. The van der Waals surface area contributed by atoms with Gasteiger partial charge in [-0.3, -0.25) is 4.98 Å². The van der Waals surface area contributed by atoms with Crippen LogP contribution in [-0.4, -0.2) is 15.0 Å². The predicted molar refractivity (Wildman–Crippen MR) is 75.5 cm³/mol. The van der Waals surface area contributed by atoms with Gasteiger partial charge >= 0.3 is 0 Å². The van der Waals surface area contributed by atoms with Gasteiger partial charge in [-0.25, -0.2) is 9.37 Å². The lowest BCUT2D eigenvalue weighted by Gasteiger charge is -2.03. The molecule has 5 heteroatoms. The zero-order valence-electron chi connectivity index (χ0n) is 10.7. The van der Waals surface area contributed by atoms with Gasteiger partial charge in [0.05, 0.1) is 30.3 Å². The van der Waals surface area contributed by atoms with Crippen LogP contribution < -0.4 is 5.32 Å². The number of imidazole rings is 1. The minimum absolute atomic E-state index is 0.348. The van der Waals surface area contributed by atoms with Gasteiger partial charge in [-0.15, -0.1) is 0 Å².